The number of aliphatic hydroxyl groups excluding tert-OH is 1. The first-order chi connectivity index (χ1) is 12.2. The van der Waals surface area contributed by atoms with E-state index in [-0.39, 0.29) is 12.4 Å². The second-order valence-corrected chi connectivity index (χ2v) is 6.52. The molecule has 0 spiro atoms. The van der Waals surface area contributed by atoms with Gasteiger partial charge in [0, 0.05) is 31.6 Å². The minimum atomic E-state index is -0.540. The Hall–Kier alpha value is -2.17. The molecule has 1 aliphatic heterocycles. The van der Waals surface area contributed by atoms with E-state index >= 15 is 0 Å². The van der Waals surface area contributed by atoms with E-state index in [0.29, 0.717) is 24.3 Å². The maximum atomic E-state index is 11.6. The fourth-order valence-corrected chi connectivity index (χ4v) is 3.19. The van der Waals surface area contributed by atoms with E-state index in [9.17, 15) is 9.90 Å². The van der Waals surface area contributed by atoms with E-state index in [4.69, 9.17) is 4.74 Å². The molecule has 4 nitrogen and oxygen atoms in total. The number of nitrogens with zero attached hydrogens (tertiary/aromatic N) is 1. The molecule has 132 valence electrons. The summed E-state index contributed by atoms with van der Waals surface area (Å²) >= 11 is 0. The van der Waals surface area contributed by atoms with Gasteiger partial charge in [-0.3, -0.25) is 9.69 Å². The van der Waals surface area contributed by atoms with E-state index in [0.717, 1.165) is 19.5 Å². The van der Waals surface area contributed by atoms with Crippen LogP contribution >= 0.6 is 0 Å². The number of carbonyl (C=O) groups is 1. The first kappa shape index (κ1) is 17.6. The molecular weight excluding hydrogens is 314 g/mol. The Morgan fingerprint density at radius 3 is 2.60 bits per heavy atom. The minimum Gasteiger partial charge on any atom is -0.491 e. The van der Waals surface area contributed by atoms with Crippen molar-refractivity contribution in [3.63, 3.8) is 0 Å². The quantitative estimate of drug-likeness (QED) is 0.788. The molecule has 25 heavy (non-hydrogen) atoms. The van der Waals surface area contributed by atoms with Crippen LogP contribution in [0, 0.1) is 0 Å². The summed E-state index contributed by atoms with van der Waals surface area (Å²) in [5.74, 6) is 0.799. The maximum Gasteiger partial charge on any atom is 0.162 e. The van der Waals surface area contributed by atoms with Crippen molar-refractivity contribution in [1.29, 1.82) is 0 Å². The molecule has 0 radical (unpaired) electrons. The molecule has 0 fully saturated rings. The molecule has 0 saturated heterocycles. The van der Waals surface area contributed by atoms with Gasteiger partial charge in [-0.1, -0.05) is 31.2 Å². The molecule has 1 aliphatic rings. The molecule has 0 aromatic heterocycles. The third-order valence-electron chi connectivity index (χ3n) is 4.62. The van der Waals surface area contributed by atoms with E-state index in [1.165, 1.54) is 11.1 Å². The smallest absolute Gasteiger partial charge is 0.162 e. The van der Waals surface area contributed by atoms with Crippen molar-refractivity contribution in [2.75, 3.05) is 19.7 Å². The molecule has 0 aliphatic carbocycles. The van der Waals surface area contributed by atoms with Crippen molar-refractivity contribution in [3.8, 4) is 5.75 Å². The number of fused-ring (bicyclic) bond motifs is 1. The van der Waals surface area contributed by atoms with Gasteiger partial charge < -0.3 is 9.84 Å². The van der Waals surface area contributed by atoms with Gasteiger partial charge in [0.25, 0.3) is 0 Å². The molecule has 0 saturated carbocycles. The minimum absolute atomic E-state index is 0.122. The number of Topliss-reactive ketones (excluding diaryl/α,β-unsaturated/α-hetero) is 1. The predicted octanol–water partition coefficient (Wildman–Crippen LogP) is 3.08. The van der Waals surface area contributed by atoms with E-state index in [1.807, 2.05) is 6.92 Å². The van der Waals surface area contributed by atoms with Gasteiger partial charge in [-0.25, -0.2) is 0 Å². The maximum absolute atomic E-state index is 11.6. The molecule has 1 atom stereocenters. The lowest BCUT2D eigenvalue weighted by atomic mass is 10.00. The Balaban J connectivity index is 1.47. The van der Waals surface area contributed by atoms with Crippen LogP contribution in [0.5, 0.6) is 5.75 Å². The van der Waals surface area contributed by atoms with Crippen LogP contribution in [0.25, 0.3) is 0 Å². The number of hydrogen-bond acceptors (Lipinski definition) is 4. The van der Waals surface area contributed by atoms with Gasteiger partial charge in [-0.2, -0.15) is 0 Å². The number of rotatable bonds is 7. The summed E-state index contributed by atoms with van der Waals surface area (Å²) in [7, 11) is 0. The lowest BCUT2D eigenvalue weighted by molar-refractivity contribution is 0.0637. The van der Waals surface area contributed by atoms with Crippen LogP contribution in [0.3, 0.4) is 0 Å². The average Bonchev–Trinajstić information content (AvgIpc) is 2.66. The van der Waals surface area contributed by atoms with Crippen LogP contribution in [0.4, 0.5) is 0 Å². The Morgan fingerprint density at radius 1 is 1.16 bits per heavy atom. The lowest BCUT2D eigenvalue weighted by Gasteiger charge is -2.30. The normalized spacial score (nSPS) is 15.4. The van der Waals surface area contributed by atoms with Gasteiger partial charge in [0.05, 0.1) is 0 Å². The first-order valence-corrected chi connectivity index (χ1v) is 8.89. The second kappa shape index (κ2) is 8.28. The molecule has 2 aromatic carbocycles. The van der Waals surface area contributed by atoms with E-state index in [1.54, 1.807) is 24.3 Å². The van der Waals surface area contributed by atoms with Crippen molar-refractivity contribution in [2.45, 2.75) is 32.4 Å². The van der Waals surface area contributed by atoms with Gasteiger partial charge in [0.2, 0.25) is 0 Å². The Morgan fingerprint density at radius 2 is 1.88 bits per heavy atom. The zero-order valence-corrected chi connectivity index (χ0v) is 14.6. The van der Waals surface area contributed by atoms with E-state index in [2.05, 4.69) is 29.2 Å². The van der Waals surface area contributed by atoms with Crippen molar-refractivity contribution in [3.05, 3.63) is 65.2 Å². The molecule has 0 unspecified atom stereocenters. The molecule has 1 heterocycles. The summed E-state index contributed by atoms with van der Waals surface area (Å²) in [6.07, 6.45) is 0.983. The van der Waals surface area contributed by atoms with Crippen LogP contribution in [0.15, 0.2) is 48.5 Å². The third-order valence-corrected chi connectivity index (χ3v) is 4.62. The van der Waals surface area contributed by atoms with Gasteiger partial charge in [0.1, 0.15) is 18.5 Å². The number of ether oxygens (including phenoxy) is 1. The topological polar surface area (TPSA) is 49.8 Å². The van der Waals surface area contributed by atoms with Crippen LogP contribution in [0.2, 0.25) is 0 Å². The number of aliphatic hydroxyl groups is 1. The summed E-state index contributed by atoms with van der Waals surface area (Å²) in [5, 5.41) is 10.3. The highest BCUT2D eigenvalue weighted by molar-refractivity contribution is 5.95. The molecule has 0 amide bonds. The Kier molecular flexibility index (Phi) is 5.84. The molecule has 4 heteroatoms. The number of benzene rings is 2. The number of β-amino-alcohol motifs (C(OH)–C–C–N with tert-alkyl or cyclic N) is 1. The average molecular weight is 339 g/mol. The zero-order valence-electron chi connectivity index (χ0n) is 14.6. The number of carbonyl (C=O) groups excluding carboxylic acids is 1. The third kappa shape index (κ3) is 4.68. The number of ketones is 1. The fraction of sp³-hybridized carbons (Fsp3) is 0.381. The number of hydrogen-bond donors (Lipinski definition) is 1. The van der Waals surface area contributed by atoms with Crippen molar-refractivity contribution in [1.82, 2.24) is 4.90 Å². The highest BCUT2D eigenvalue weighted by atomic mass is 16.5. The molecular formula is C21H25NO3. The van der Waals surface area contributed by atoms with Crippen LogP contribution in [-0.2, 0) is 13.0 Å². The second-order valence-electron chi connectivity index (χ2n) is 6.52. The van der Waals surface area contributed by atoms with Gasteiger partial charge in [-0.05, 0) is 41.8 Å². The van der Waals surface area contributed by atoms with Crippen molar-refractivity contribution < 1.29 is 14.6 Å². The summed E-state index contributed by atoms with van der Waals surface area (Å²) in [4.78, 5) is 13.9. The summed E-state index contributed by atoms with van der Waals surface area (Å²) in [6, 6.07) is 15.6. The Labute approximate surface area is 149 Å². The zero-order chi connectivity index (χ0) is 17.6. The summed E-state index contributed by atoms with van der Waals surface area (Å²) in [5.41, 5.74) is 3.45. The molecule has 3 rings (SSSR count). The van der Waals surface area contributed by atoms with Gasteiger partial charge in [-0.15, -0.1) is 0 Å². The van der Waals surface area contributed by atoms with E-state index < -0.39 is 6.10 Å². The predicted molar refractivity (Wildman–Crippen MR) is 98.0 cm³/mol. The lowest BCUT2D eigenvalue weighted by Crippen LogP contribution is -2.38. The fourth-order valence-electron chi connectivity index (χ4n) is 3.19. The van der Waals surface area contributed by atoms with Crippen molar-refractivity contribution >= 4 is 5.78 Å². The largest absolute Gasteiger partial charge is 0.491 e. The first-order valence-electron chi connectivity index (χ1n) is 8.89. The monoisotopic (exact) mass is 339 g/mol. The van der Waals surface area contributed by atoms with Gasteiger partial charge in [0.15, 0.2) is 5.78 Å². The molecule has 0 bridgehead atoms. The highest BCUT2D eigenvalue weighted by Gasteiger charge is 2.18. The summed E-state index contributed by atoms with van der Waals surface area (Å²) < 4.78 is 5.66. The van der Waals surface area contributed by atoms with Crippen LogP contribution in [0.1, 0.15) is 34.8 Å². The molecule has 2 aromatic rings. The van der Waals surface area contributed by atoms with Crippen LogP contribution < -0.4 is 4.74 Å². The van der Waals surface area contributed by atoms with Crippen molar-refractivity contribution in [2.24, 2.45) is 0 Å². The molecule has 1 N–H and O–H groups in total. The SMILES string of the molecule is CCC(=O)c1ccc(OC[C@@H](O)CN2CCc3ccccc3C2)cc1. The van der Waals surface area contributed by atoms with Gasteiger partial charge >= 0.3 is 0 Å². The highest BCUT2D eigenvalue weighted by Crippen LogP contribution is 2.19. The Bertz CT molecular complexity index is 711. The summed E-state index contributed by atoms with van der Waals surface area (Å²) in [6.45, 7) is 4.53. The standard InChI is InChI=1S/C21H25NO3/c1-2-21(24)17-7-9-20(10-8-17)25-15-19(23)14-22-12-11-16-5-3-4-6-18(16)13-22/h3-10,19,23H,2,11-15H2,1H3/t19-/m0/s1. The van der Waals surface area contributed by atoms with Crippen LogP contribution in [-0.4, -0.2) is 41.6 Å².